The highest BCUT2D eigenvalue weighted by atomic mass is 19.2. The standard InChI is InChI=1S/C11H9F2NO2/c1-5(2)10-14-9-4-8(13)7(12)3-6(9)11(15)16-10/h3-5H,1-2H3. The predicted molar refractivity (Wildman–Crippen MR) is 54.3 cm³/mol. The lowest BCUT2D eigenvalue weighted by atomic mass is 10.2. The maximum atomic E-state index is 13.0. The Morgan fingerprint density at radius 1 is 1.25 bits per heavy atom. The molecule has 2 rings (SSSR count). The van der Waals surface area contributed by atoms with Gasteiger partial charge in [0.2, 0.25) is 5.89 Å². The second-order valence-corrected chi connectivity index (χ2v) is 3.78. The molecule has 3 nitrogen and oxygen atoms in total. The molecular weight excluding hydrogens is 216 g/mol. The molecule has 0 bridgehead atoms. The highest BCUT2D eigenvalue weighted by molar-refractivity contribution is 5.77. The Hall–Kier alpha value is -1.78. The summed E-state index contributed by atoms with van der Waals surface area (Å²) in [5.41, 5.74) is -0.591. The van der Waals surface area contributed by atoms with Crippen LogP contribution in [0, 0.1) is 11.6 Å². The molecule has 1 aromatic heterocycles. The first-order valence-corrected chi connectivity index (χ1v) is 4.79. The molecule has 0 spiro atoms. The minimum Gasteiger partial charge on any atom is -0.408 e. The average Bonchev–Trinajstić information content (AvgIpc) is 2.20. The molecular formula is C11H9F2NO2. The van der Waals surface area contributed by atoms with Crippen molar-refractivity contribution in [3.63, 3.8) is 0 Å². The van der Waals surface area contributed by atoms with Gasteiger partial charge in [-0.15, -0.1) is 0 Å². The Morgan fingerprint density at radius 2 is 1.88 bits per heavy atom. The van der Waals surface area contributed by atoms with Gasteiger partial charge in [0.15, 0.2) is 11.6 Å². The summed E-state index contributed by atoms with van der Waals surface area (Å²) >= 11 is 0. The molecule has 0 saturated carbocycles. The third kappa shape index (κ3) is 1.68. The molecule has 0 saturated heterocycles. The van der Waals surface area contributed by atoms with Crippen LogP contribution < -0.4 is 5.63 Å². The van der Waals surface area contributed by atoms with Crippen LogP contribution in [0.1, 0.15) is 25.7 Å². The van der Waals surface area contributed by atoms with Gasteiger partial charge in [0, 0.05) is 12.0 Å². The number of nitrogens with zero attached hydrogens (tertiary/aromatic N) is 1. The molecule has 0 amide bonds. The molecule has 0 aliphatic heterocycles. The van der Waals surface area contributed by atoms with E-state index in [-0.39, 0.29) is 22.7 Å². The summed E-state index contributed by atoms with van der Waals surface area (Å²) in [6.07, 6.45) is 0. The van der Waals surface area contributed by atoms with E-state index in [9.17, 15) is 13.6 Å². The molecule has 1 heterocycles. The lowest BCUT2D eigenvalue weighted by molar-refractivity contribution is 0.423. The van der Waals surface area contributed by atoms with E-state index >= 15 is 0 Å². The van der Waals surface area contributed by atoms with Gasteiger partial charge in [-0.05, 0) is 6.07 Å². The van der Waals surface area contributed by atoms with Crippen molar-refractivity contribution in [2.75, 3.05) is 0 Å². The van der Waals surface area contributed by atoms with Crippen molar-refractivity contribution in [1.29, 1.82) is 0 Å². The van der Waals surface area contributed by atoms with Crippen LogP contribution >= 0.6 is 0 Å². The van der Waals surface area contributed by atoms with Crippen molar-refractivity contribution in [1.82, 2.24) is 4.98 Å². The third-order valence-electron chi connectivity index (χ3n) is 2.18. The number of aromatic nitrogens is 1. The van der Waals surface area contributed by atoms with E-state index in [0.717, 1.165) is 12.1 Å². The Morgan fingerprint density at radius 3 is 2.50 bits per heavy atom. The number of benzene rings is 1. The van der Waals surface area contributed by atoms with Crippen molar-refractivity contribution < 1.29 is 13.2 Å². The van der Waals surface area contributed by atoms with Gasteiger partial charge in [0.25, 0.3) is 0 Å². The van der Waals surface area contributed by atoms with Gasteiger partial charge in [-0.2, -0.15) is 0 Å². The Kier molecular flexibility index (Phi) is 2.46. The minimum absolute atomic E-state index is 0.0525. The van der Waals surface area contributed by atoms with E-state index in [0.29, 0.717) is 0 Å². The smallest absolute Gasteiger partial charge is 0.346 e. The second-order valence-electron chi connectivity index (χ2n) is 3.78. The summed E-state index contributed by atoms with van der Waals surface area (Å²) in [5, 5.41) is -0.0525. The quantitative estimate of drug-likeness (QED) is 0.749. The molecule has 1 aromatic carbocycles. The third-order valence-corrected chi connectivity index (χ3v) is 2.18. The van der Waals surface area contributed by atoms with Crippen molar-refractivity contribution in [2.24, 2.45) is 0 Å². The van der Waals surface area contributed by atoms with E-state index in [2.05, 4.69) is 4.98 Å². The SMILES string of the molecule is CC(C)c1nc2cc(F)c(F)cc2c(=O)o1. The molecule has 0 aliphatic rings. The van der Waals surface area contributed by atoms with Gasteiger partial charge >= 0.3 is 5.63 Å². The zero-order valence-corrected chi connectivity index (χ0v) is 8.75. The molecule has 0 atom stereocenters. The van der Waals surface area contributed by atoms with Crippen molar-refractivity contribution >= 4 is 10.9 Å². The first-order valence-electron chi connectivity index (χ1n) is 4.79. The molecule has 84 valence electrons. The molecule has 0 N–H and O–H groups in total. The zero-order valence-electron chi connectivity index (χ0n) is 8.75. The van der Waals surface area contributed by atoms with E-state index in [1.807, 2.05) is 0 Å². The summed E-state index contributed by atoms with van der Waals surface area (Å²) < 4.78 is 30.8. The van der Waals surface area contributed by atoms with Gasteiger partial charge < -0.3 is 4.42 Å². The molecule has 5 heteroatoms. The number of hydrogen-bond acceptors (Lipinski definition) is 3. The average molecular weight is 225 g/mol. The summed E-state index contributed by atoms with van der Waals surface area (Å²) in [5.74, 6) is -1.99. The van der Waals surface area contributed by atoms with Crippen molar-refractivity contribution in [3.05, 3.63) is 40.1 Å². The topological polar surface area (TPSA) is 43.1 Å². The summed E-state index contributed by atoms with van der Waals surface area (Å²) in [7, 11) is 0. The van der Waals surface area contributed by atoms with E-state index < -0.39 is 17.3 Å². The lowest BCUT2D eigenvalue weighted by Crippen LogP contribution is -2.07. The number of hydrogen-bond donors (Lipinski definition) is 0. The van der Waals surface area contributed by atoms with Crippen LogP contribution in [-0.2, 0) is 0 Å². The normalized spacial score (nSPS) is 11.3. The van der Waals surface area contributed by atoms with Crippen molar-refractivity contribution in [2.45, 2.75) is 19.8 Å². The van der Waals surface area contributed by atoms with E-state index in [1.54, 1.807) is 13.8 Å². The fourth-order valence-electron chi connectivity index (χ4n) is 1.33. The second kappa shape index (κ2) is 3.66. The van der Waals surface area contributed by atoms with Crippen LogP contribution in [-0.4, -0.2) is 4.98 Å². The number of halogens is 2. The Balaban J connectivity index is 2.82. The van der Waals surface area contributed by atoms with Gasteiger partial charge in [-0.1, -0.05) is 13.8 Å². The monoisotopic (exact) mass is 225 g/mol. The number of rotatable bonds is 1. The minimum atomic E-state index is -1.08. The molecule has 0 aliphatic carbocycles. The van der Waals surface area contributed by atoms with Gasteiger partial charge in [-0.25, -0.2) is 18.6 Å². The van der Waals surface area contributed by atoms with E-state index in [1.165, 1.54) is 0 Å². The molecule has 0 unspecified atom stereocenters. The largest absolute Gasteiger partial charge is 0.408 e. The van der Waals surface area contributed by atoms with E-state index in [4.69, 9.17) is 4.42 Å². The van der Waals surface area contributed by atoms with Crippen LogP contribution in [0.15, 0.2) is 21.3 Å². The Labute approximate surface area is 89.7 Å². The lowest BCUT2D eigenvalue weighted by Gasteiger charge is -2.03. The van der Waals surface area contributed by atoms with Crippen LogP contribution in [0.25, 0.3) is 10.9 Å². The summed E-state index contributed by atoms with van der Waals surface area (Å²) in [4.78, 5) is 15.4. The van der Waals surface area contributed by atoms with Crippen LogP contribution in [0.2, 0.25) is 0 Å². The fourth-order valence-corrected chi connectivity index (χ4v) is 1.33. The Bertz CT molecular complexity index is 605. The molecule has 0 radical (unpaired) electrons. The first kappa shape index (κ1) is 10.7. The maximum Gasteiger partial charge on any atom is 0.346 e. The van der Waals surface area contributed by atoms with Gasteiger partial charge in [0.1, 0.15) is 0 Å². The van der Waals surface area contributed by atoms with Crippen LogP contribution in [0.5, 0.6) is 0 Å². The predicted octanol–water partition coefficient (Wildman–Crippen LogP) is 2.59. The summed E-state index contributed by atoms with van der Waals surface area (Å²) in [6, 6.07) is 1.70. The summed E-state index contributed by atoms with van der Waals surface area (Å²) in [6.45, 7) is 3.58. The number of fused-ring (bicyclic) bond motifs is 1. The van der Waals surface area contributed by atoms with Gasteiger partial charge in [-0.3, -0.25) is 0 Å². The van der Waals surface area contributed by atoms with Crippen LogP contribution in [0.4, 0.5) is 8.78 Å². The van der Waals surface area contributed by atoms with Crippen LogP contribution in [0.3, 0.4) is 0 Å². The molecule has 16 heavy (non-hydrogen) atoms. The molecule has 0 fully saturated rings. The molecule has 2 aromatic rings. The first-order chi connectivity index (χ1) is 7.49. The zero-order chi connectivity index (χ0) is 11.9. The van der Waals surface area contributed by atoms with Crippen molar-refractivity contribution in [3.8, 4) is 0 Å². The highest BCUT2D eigenvalue weighted by Gasteiger charge is 2.12. The maximum absolute atomic E-state index is 13.0. The fraction of sp³-hybridized carbons (Fsp3) is 0.273. The van der Waals surface area contributed by atoms with Gasteiger partial charge in [0.05, 0.1) is 10.9 Å². The highest BCUT2D eigenvalue weighted by Crippen LogP contribution is 2.17.